The van der Waals surface area contributed by atoms with Crippen LogP contribution in [0, 0.1) is 11.8 Å². The summed E-state index contributed by atoms with van der Waals surface area (Å²) in [5.41, 5.74) is 2.22. The van der Waals surface area contributed by atoms with Crippen molar-refractivity contribution in [1.29, 1.82) is 0 Å². The molecule has 2 unspecified atom stereocenters. The Morgan fingerprint density at radius 1 is 1.41 bits per heavy atom. The molecule has 5 nitrogen and oxygen atoms in total. The third-order valence-corrected chi connectivity index (χ3v) is 4.00. The molecule has 2 atom stereocenters. The van der Waals surface area contributed by atoms with Crippen molar-refractivity contribution in [2.75, 3.05) is 7.11 Å². The Bertz CT molecular complexity index is 441. The largest absolute Gasteiger partial charge is 0.468 e. The minimum Gasteiger partial charge on any atom is -0.468 e. The van der Waals surface area contributed by atoms with Gasteiger partial charge in [-0.3, -0.25) is 4.79 Å². The first-order valence-electron chi connectivity index (χ1n) is 6.26. The van der Waals surface area contributed by atoms with Gasteiger partial charge in [-0.2, -0.15) is 0 Å². The molecule has 0 aliphatic heterocycles. The summed E-state index contributed by atoms with van der Waals surface area (Å²) in [5, 5.41) is 8.28. The number of methoxy groups -OCH3 is 1. The highest BCUT2D eigenvalue weighted by molar-refractivity contribution is 5.68. The number of nitrogens with zero attached hydrogens (tertiary/aromatic N) is 3. The Labute approximate surface area is 100 Å². The Balaban J connectivity index is 1.79. The van der Waals surface area contributed by atoms with Crippen molar-refractivity contribution < 1.29 is 9.53 Å². The number of carbonyl (C=O) groups excluding carboxylic acids is 1. The van der Waals surface area contributed by atoms with Crippen molar-refractivity contribution in [3.63, 3.8) is 0 Å². The molecule has 0 N–H and O–H groups in total. The lowest BCUT2D eigenvalue weighted by atomic mass is 10.0. The zero-order valence-electron chi connectivity index (χ0n) is 10.1. The SMILES string of the molecule is COC(=O)Cn1nnc2c1CCC1CC1CC2. The molecule has 2 aliphatic carbocycles. The summed E-state index contributed by atoms with van der Waals surface area (Å²) < 4.78 is 6.38. The van der Waals surface area contributed by atoms with Crippen LogP contribution in [0.1, 0.15) is 30.7 Å². The summed E-state index contributed by atoms with van der Waals surface area (Å²) in [6.45, 7) is 0.187. The molecule has 2 aliphatic rings. The molecular formula is C12H17N3O2. The first-order chi connectivity index (χ1) is 8.28. The van der Waals surface area contributed by atoms with Crippen molar-refractivity contribution in [2.24, 2.45) is 11.8 Å². The number of carbonyl (C=O) groups is 1. The van der Waals surface area contributed by atoms with E-state index in [1.807, 2.05) is 0 Å². The Morgan fingerprint density at radius 2 is 2.18 bits per heavy atom. The second-order valence-electron chi connectivity index (χ2n) is 5.05. The fourth-order valence-corrected chi connectivity index (χ4v) is 2.81. The van der Waals surface area contributed by atoms with Crippen LogP contribution in [0.25, 0.3) is 0 Å². The van der Waals surface area contributed by atoms with Crippen LogP contribution in [-0.4, -0.2) is 28.1 Å². The molecule has 1 aromatic heterocycles. The van der Waals surface area contributed by atoms with E-state index < -0.39 is 0 Å². The van der Waals surface area contributed by atoms with Crippen LogP contribution in [0.15, 0.2) is 0 Å². The summed E-state index contributed by atoms with van der Waals surface area (Å²) in [5.74, 6) is 1.57. The van der Waals surface area contributed by atoms with Crippen LogP contribution in [0.4, 0.5) is 0 Å². The monoisotopic (exact) mass is 235 g/mol. The van der Waals surface area contributed by atoms with E-state index in [4.69, 9.17) is 0 Å². The number of fused-ring (bicyclic) bond motifs is 2. The smallest absolute Gasteiger partial charge is 0.327 e. The summed E-state index contributed by atoms with van der Waals surface area (Å²) >= 11 is 0. The molecule has 0 saturated heterocycles. The standard InChI is InChI=1S/C12H17N3O2/c1-17-12(16)7-15-11-5-3-9-6-8(9)2-4-10(11)13-14-15/h8-9H,2-7H2,1H3. The predicted octanol–water partition coefficient (Wildman–Crippen LogP) is 0.966. The molecule has 0 amide bonds. The van der Waals surface area contributed by atoms with Gasteiger partial charge in [-0.05, 0) is 43.9 Å². The van der Waals surface area contributed by atoms with Gasteiger partial charge in [0.2, 0.25) is 0 Å². The fourth-order valence-electron chi connectivity index (χ4n) is 2.81. The molecule has 1 heterocycles. The lowest BCUT2D eigenvalue weighted by molar-refractivity contribution is -0.141. The van der Waals surface area contributed by atoms with Crippen LogP contribution in [-0.2, 0) is 28.9 Å². The molecule has 1 saturated carbocycles. The van der Waals surface area contributed by atoms with Crippen molar-refractivity contribution in [3.8, 4) is 0 Å². The highest BCUT2D eigenvalue weighted by atomic mass is 16.5. The molecule has 92 valence electrons. The van der Waals surface area contributed by atoms with E-state index in [2.05, 4.69) is 15.0 Å². The lowest BCUT2D eigenvalue weighted by Crippen LogP contribution is -2.16. The molecule has 1 aromatic rings. The van der Waals surface area contributed by atoms with Gasteiger partial charge in [0.25, 0.3) is 0 Å². The Kier molecular flexibility index (Phi) is 2.61. The number of esters is 1. The average molecular weight is 235 g/mol. The van der Waals surface area contributed by atoms with E-state index >= 15 is 0 Å². The summed E-state index contributed by atoms with van der Waals surface area (Å²) in [4.78, 5) is 11.3. The molecule has 0 aromatic carbocycles. The minimum atomic E-state index is -0.260. The number of rotatable bonds is 2. The first-order valence-corrected chi connectivity index (χ1v) is 6.26. The molecule has 1 fully saturated rings. The van der Waals surface area contributed by atoms with Gasteiger partial charge in [0.15, 0.2) is 0 Å². The number of aryl methyl sites for hydroxylation is 1. The quantitative estimate of drug-likeness (QED) is 0.717. The van der Waals surface area contributed by atoms with E-state index in [-0.39, 0.29) is 12.5 Å². The van der Waals surface area contributed by atoms with Crippen molar-refractivity contribution >= 4 is 5.97 Å². The third kappa shape index (κ3) is 2.06. The van der Waals surface area contributed by atoms with Gasteiger partial charge in [0.1, 0.15) is 6.54 Å². The van der Waals surface area contributed by atoms with Crippen LogP contribution >= 0.6 is 0 Å². The zero-order chi connectivity index (χ0) is 11.8. The fraction of sp³-hybridized carbons (Fsp3) is 0.750. The normalized spacial score (nSPS) is 26.4. The van der Waals surface area contributed by atoms with Gasteiger partial charge in [0, 0.05) is 0 Å². The molecular weight excluding hydrogens is 218 g/mol. The van der Waals surface area contributed by atoms with Crippen LogP contribution in [0.3, 0.4) is 0 Å². The molecule has 5 heteroatoms. The summed E-state index contributed by atoms with van der Waals surface area (Å²) in [6, 6.07) is 0. The second-order valence-corrected chi connectivity index (χ2v) is 5.05. The topological polar surface area (TPSA) is 57.0 Å². The third-order valence-electron chi connectivity index (χ3n) is 4.00. The van der Waals surface area contributed by atoms with Crippen LogP contribution in [0.2, 0.25) is 0 Å². The van der Waals surface area contributed by atoms with Gasteiger partial charge in [0.05, 0.1) is 18.5 Å². The predicted molar refractivity (Wildman–Crippen MR) is 60.3 cm³/mol. The molecule has 17 heavy (non-hydrogen) atoms. The van der Waals surface area contributed by atoms with Crippen molar-refractivity contribution in [1.82, 2.24) is 15.0 Å². The van der Waals surface area contributed by atoms with Crippen LogP contribution in [0.5, 0.6) is 0 Å². The Morgan fingerprint density at radius 3 is 2.94 bits per heavy atom. The number of ether oxygens (including phenoxy) is 1. The summed E-state index contributed by atoms with van der Waals surface area (Å²) in [7, 11) is 1.40. The first kappa shape index (κ1) is 10.7. The maximum atomic E-state index is 11.3. The minimum absolute atomic E-state index is 0.187. The van der Waals surface area contributed by atoms with Gasteiger partial charge in [-0.15, -0.1) is 5.10 Å². The average Bonchev–Trinajstić information content (AvgIpc) is 2.94. The van der Waals surface area contributed by atoms with Gasteiger partial charge >= 0.3 is 5.97 Å². The molecule has 0 bridgehead atoms. The van der Waals surface area contributed by atoms with E-state index in [9.17, 15) is 4.79 Å². The van der Waals surface area contributed by atoms with E-state index in [0.717, 1.165) is 36.1 Å². The molecule has 0 spiro atoms. The number of hydrogen-bond donors (Lipinski definition) is 0. The van der Waals surface area contributed by atoms with E-state index in [1.165, 1.54) is 26.4 Å². The van der Waals surface area contributed by atoms with Crippen molar-refractivity contribution in [3.05, 3.63) is 11.4 Å². The van der Waals surface area contributed by atoms with Gasteiger partial charge in [-0.25, -0.2) is 4.68 Å². The van der Waals surface area contributed by atoms with Gasteiger partial charge < -0.3 is 4.74 Å². The lowest BCUT2D eigenvalue weighted by Gasteiger charge is -2.09. The maximum Gasteiger partial charge on any atom is 0.327 e. The van der Waals surface area contributed by atoms with E-state index in [0.29, 0.717) is 0 Å². The highest BCUT2D eigenvalue weighted by Gasteiger charge is 2.38. The van der Waals surface area contributed by atoms with E-state index in [1.54, 1.807) is 4.68 Å². The molecule has 3 rings (SSSR count). The van der Waals surface area contributed by atoms with Gasteiger partial charge in [-0.1, -0.05) is 5.21 Å². The summed E-state index contributed by atoms with van der Waals surface area (Å²) in [6.07, 6.45) is 5.84. The number of aromatic nitrogens is 3. The number of hydrogen-bond acceptors (Lipinski definition) is 4. The van der Waals surface area contributed by atoms with Crippen LogP contribution < -0.4 is 0 Å². The highest BCUT2D eigenvalue weighted by Crippen LogP contribution is 2.46. The zero-order valence-corrected chi connectivity index (χ0v) is 10.1. The maximum absolute atomic E-state index is 11.3. The van der Waals surface area contributed by atoms with Crippen molar-refractivity contribution in [2.45, 2.75) is 38.6 Å². The Hall–Kier alpha value is -1.39. The molecule has 0 radical (unpaired) electrons. The second kappa shape index (κ2) is 4.13.